The summed E-state index contributed by atoms with van der Waals surface area (Å²) in [6.45, 7) is 3.84. The van der Waals surface area contributed by atoms with Gasteiger partial charge in [-0.1, -0.05) is 44.8 Å². The number of rotatable bonds is 15. The van der Waals surface area contributed by atoms with Crippen LogP contribution in [-0.2, 0) is 33.2 Å². The SMILES string of the molecule is CCCCC[C@@H](C=C[C@@H]1[C@H]2CC(CCCCC(=O)OC)O[C@@H]2C[C@H]1OC1CCCCO1)OC1CCCCO1. The van der Waals surface area contributed by atoms with Crippen LogP contribution < -0.4 is 0 Å². The predicted octanol–water partition coefficient (Wildman–Crippen LogP) is 6.47. The molecule has 4 rings (SSSR count). The van der Waals surface area contributed by atoms with E-state index in [0.29, 0.717) is 18.3 Å². The highest BCUT2D eigenvalue weighted by atomic mass is 16.7. The van der Waals surface area contributed by atoms with Crippen LogP contribution in [0.1, 0.15) is 110 Å². The number of carbonyl (C=O) groups is 1. The Hall–Kier alpha value is -0.990. The van der Waals surface area contributed by atoms with Gasteiger partial charge in [-0.2, -0.15) is 0 Å². The molecule has 8 atom stereocenters. The van der Waals surface area contributed by atoms with Crippen molar-refractivity contribution in [1.82, 2.24) is 0 Å². The number of carbonyl (C=O) groups excluding carboxylic acids is 1. The van der Waals surface area contributed by atoms with Crippen LogP contribution in [0.15, 0.2) is 12.2 Å². The Morgan fingerprint density at radius 1 is 0.974 bits per heavy atom. The van der Waals surface area contributed by atoms with Crippen molar-refractivity contribution in [3.63, 3.8) is 0 Å². The van der Waals surface area contributed by atoms with Crippen LogP contribution in [0.4, 0.5) is 0 Å². The van der Waals surface area contributed by atoms with Crippen LogP contribution in [0.25, 0.3) is 0 Å². The molecule has 3 unspecified atom stereocenters. The summed E-state index contributed by atoms with van der Waals surface area (Å²) in [7, 11) is 1.45. The van der Waals surface area contributed by atoms with E-state index in [-0.39, 0.29) is 43.0 Å². The Morgan fingerprint density at radius 2 is 1.76 bits per heavy atom. The average Bonchev–Trinajstić information content (AvgIpc) is 3.47. The van der Waals surface area contributed by atoms with Crippen molar-refractivity contribution < 1.29 is 33.2 Å². The zero-order chi connectivity index (χ0) is 26.6. The maximum absolute atomic E-state index is 11.4. The Balaban J connectivity index is 1.37. The van der Waals surface area contributed by atoms with Gasteiger partial charge in [0.05, 0.1) is 31.5 Å². The van der Waals surface area contributed by atoms with Gasteiger partial charge in [-0.25, -0.2) is 0 Å². The quantitative estimate of drug-likeness (QED) is 0.135. The third-order valence-electron chi connectivity index (χ3n) is 8.72. The molecule has 0 bridgehead atoms. The highest BCUT2D eigenvalue weighted by Gasteiger charge is 2.49. The van der Waals surface area contributed by atoms with Crippen LogP contribution in [0, 0.1) is 11.8 Å². The molecule has 0 aromatic rings. The summed E-state index contributed by atoms with van der Waals surface area (Å²) in [4.78, 5) is 11.4. The first kappa shape index (κ1) is 30.0. The molecular weight excluding hydrogens is 484 g/mol. The Bertz CT molecular complexity index is 700. The van der Waals surface area contributed by atoms with Crippen LogP contribution >= 0.6 is 0 Å². The first-order valence-corrected chi connectivity index (χ1v) is 15.6. The third-order valence-corrected chi connectivity index (χ3v) is 8.72. The van der Waals surface area contributed by atoms with E-state index in [1.165, 1.54) is 39.2 Å². The molecule has 0 N–H and O–H groups in total. The average molecular weight is 537 g/mol. The highest BCUT2D eigenvalue weighted by Crippen LogP contribution is 2.47. The van der Waals surface area contributed by atoms with Gasteiger partial charge in [-0.3, -0.25) is 4.79 Å². The first-order chi connectivity index (χ1) is 18.7. The van der Waals surface area contributed by atoms with Crippen LogP contribution in [-0.4, -0.2) is 63.3 Å². The molecule has 3 saturated heterocycles. The van der Waals surface area contributed by atoms with E-state index in [0.717, 1.165) is 77.4 Å². The van der Waals surface area contributed by atoms with Crippen LogP contribution in [0.3, 0.4) is 0 Å². The standard InChI is InChI=1S/C31H52O7/c1-3-4-5-12-23(37-30-15-8-10-19-34-30)17-18-25-26-21-24(13-6-7-14-29(32)33-2)36-28(26)22-27(25)38-31-16-9-11-20-35-31/h17-18,23-28,30-31H,3-16,19-22H2,1-2H3/t23-,24?,25+,26+,27+,28+,30?,31?/m0/s1. The fraction of sp³-hybridized carbons (Fsp3) is 0.903. The molecular formula is C31H52O7. The molecule has 0 aromatic heterocycles. The van der Waals surface area contributed by atoms with E-state index in [1.54, 1.807) is 0 Å². The van der Waals surface area contributed by atoms with E-state index >= 15 is 0 Å². The van der Waals surface area contributed by atoms with E-state index in [2.05, 4.69) is 19.1 Å². The number of esters is 1. The summed E-state index contributed by atoms with van der Waals surface area (Å²) >= 11 is 0. The van der Waals surface area contributed by atoms with Crippen molar-refractivity contribution in [3.8, 4) is 0 Å². The molecule has 4 fully saturated rings. The summed E-state index contributed by atoms with van der Waals surface area (Å²) in [5.41, 5.74) is 0. The first-order valence-electron chi connectivity index (χ1n) is 15.6. The van der Waals surface area contributed by atoms with E-state index < -0.39 is 0 Å². The van der Waals surface area contributed by atoms with E-state index in [4.69, 9.17) is 28.4 Å². The zero-order valence-corrected chi connectivity index (χ0v) is 23.9. The second-order valence-electron chi connectivity index (χ2n) is 11.7. The van der Waals surface area contributed by atoms with Crippen LogP contribution in [0.2, 0.25) is 0 Å². The lowest BCUT2D eigenvalue weighted by molar-refractivity contribution is -0.194. The molecule has 3 aliphatic heterocycles. The van der Waals surface area contributed by atoms with Crippen molar-refractivity contribution >= 4 is 5.97 Å². The van der Waals surface area contributed by atoms with Gasteiger partial charge in [0.2, 0.25) is 0 Å². The topological polar surface area (TPSA) is 72.5 Å². The maximum atomic E-state index is 11.4. The molecule has 0 amide bonds. The second-order valence-corrected chi connectivity index (χ2v) is 11.7. The molecule has 0 aromatic carbocycles. The fourth-order valence-corrected chi connectivity index (χ4v) is 6.58. The molecule has 1 aliphatic carbocycles. The van der Waals surface area contributed by atoms with Gasteiger partial charge < -0.3 is 28.4 Å². The maximum Gasteiger partial charge on any atom is 0.305 e. The molecule has 38 heavy (non-hydrogen) atoms. The molecule has 218 valence electrons. The predicted molar refractivity (Wildman–Crippen MR) is 146 cm³/mol. The number of hydrogen-bond acceptors (Lipinski definition) is 7. The molecule has 0 spiro atoms. The number of ether oxygens (including phenoxy) is 6. The number of unbranched alkanes of at least 4 members (excludes halogenated alkanes) is 3. The van der Waals surface area contributed by atoms with Crippen molar-refractivity contribution in [2.45, 2.75) is 147 Å². The summed E-state index contributed by atoms with van der Waals surface area (Å²) < 4.78 is 36.2. The van der Waals surface area contributed by atoms with Gasteiger partial charge in [0.15, 0.2) is 12.6 Å². The van der Waals surface area contributed by atoms with E-state index in [9.17, 15) is 4.79 Å². The molecule has 1 saturated carbocycles. The molecule has 4 aliphatic rings. The largest absolute Gasteiger partial charge is 0.469 e. The molecule has 0 radical (unpaired) electrons. The van der Waals surface area contributed by atoms with E-state index in [1.807, 2.05) is 0 Å². The van der Waals surface area contributed by atoms with Gasteiger partial charge in [-0.15, -0.1) is 0 Å². The van der Waals surface area contributed by atoms with Crippen molar-refractivity contribution in [3.05, 3.63) is 12.2 Å². The lowest BCUT2D eigenvalue weighted by Crippen LogP contribution is -2.31. The Morgan fingerprint density at radius 3 is 2.47 bits per heavy atom. The normalized spacial score (nSPS) is 34.4. The highest BCUT2D eigenvalue weighted by molar-refractivity contribution is 5.68. The number of methoxy groups -OCH3 is 1. The number of hydrogen-bond donors (Lipinski definition) is 0. The lowest BCUT2D eigenvalue weighted by Gasteiger charge is -2.30. The Kier molecular flexibility index (Phi) is 12.9. The third kappa shape index (κ3) is 9.29. The second kappa shape index (κ2) is 16.3. The fourth-order valence-electron chi connectivity index (χ4n) is 6.58. The summed E-state index contributed by atoms with van der Waals surface area (Å²) in [5, 5.41) is 0. The van der Waals surface area contributed by atoms with Gasteiger partial charge >= 0.3 is 5.97 Å². The minimum Gasteiger partial charge on any atom is -0.469 e. The minimum absolute atomic E-state index is 0.0757. The summed E-state index contributed by atoms with van der Waals surface area (Å²) in [6.07, 6.45) is 21.7. The van der Waals surface area contributed by atoms with Gasteiger partial charge in [0.25, 0.3) is 0 Å². The summed E-state index contributed by atoms with van der Waals surface area (Å²) in [6, 6.07) is 0. The van der Waals surface area contributed by atoms with Gasteiger partial charge in [-0.05, 0) is 70.1 Å². The monoisotopic (exact) mass is 536 g/mol. The van der Waals surface area contributed by atoms with Gasteiger partial charge in [0, 0.05) is 32.0 Å². The zero-order valence-electron chi connectivity index (χ0n) is 23.9. The lowest BCUT2D eigenvalue weighted by atomic mass is 9.88. The molecule has 3 heterocycles. The van der Waals surface area contributed by atoms with Crippen molar-refractivity contribution in [2.75, 3.05) is 20.3 Å². The Labute approximate surface area is 230 Å². The molecule has 7 nitrogen and oxygen atoms in total. The van der Waals surface area contributed by atoms with Crippen molar-refractivity contribution in [1.29, 1.82) is 0 Å². The number of fused-ring (bicyclic) bond motifs is 1. The molecule has 7 heteroatoms. The van der Waals surface area contributed by atoms with Gasteiger partial charge in [0.1, 0.15) is 0 Å². The smallest absolute Gasteiger partial charge is 0.305 e. The minimum atomic E-state index is -0.126. The van der Waals surface area contributed by atoms with Crippen molar-refractivity contribution in [2.24, 2.45) is 11.8 Å². The van der Waals surface area contributed by atoms with Crippen LogP contribution in [0.5, 0.6) is 0 Å². The summed E-state index contributed by atoms with van der Waals surface area (Å²) in [5.74, 6) is 0.626.